The maximum absolute atomic E-state index is 12.0. The normalized spacial score (nSPS) is 17.5. The van der Waals surface area contributed by atoms with E-state index in [2.05, 4.69) is 4.99 Å². The minimum absolute atomic E-state index is 0.0276. The second kappa shape index (κ2) is 5.92. The molecule has 1 aliphatic rings. The first-order valence-corrected chi connectivity index (χ1v) is 6.71. The molecule has 20 heavy (non-hydrogen) atoms. The van der Waals surface area contributed by atoms with Crippen LogP contribution in [0, 0.1) is 0 Å². The lowest BCUT2D eigenvalue weighted by Gasteiger charge is -2.11. The minimum atomic E-state index is -0.469. The maximum Gasteiger partial charge on any atom is 0.277 e. The van der Waals surface area contributed by atoms with Gasteiger partial charge in [-0.25, -0.2) is 4.99 Å². The molecule has 0 fully saturated rings. The van der Waals surface area contributed by atoms with Gasteiger partial charge in [-0.2, -0.15) is 0 Å². The van der Waals surface area contributed by atoms with Crippen LogP contribution in [-0.4, -0.2) is 17.4 Å². The molecule has 0 atom stereocenters. The molecular formula is C14H8Cl3NO2. The molecule has 1 amide bonds. The summed E-state index contributed by atoms with van der Waals surface area (Å²) in [6, 6.07) is 6.32. The zero-order valence-corrected chi connectivity index (χ0v) is 12.6. The van der Waals surface area contributed by atoms with Crippen LogP contribution in [0.25, 0.3) is 0 Å². The smallest absolute Gasteiger partial charge is 0.277 e. The molecule has 0 heterocycles. The molecule has 3 nitrogen and oxygen atoms in total. The second-order valence-corrected chi connectivity index (χ2v) is 5.29. The number of rotatable bonds is 1. The van der Waals surface area contributed by atoms with Crippen LogP contribution in [0.5, 0.6) is 0 Å². The second-order valence-electron chi connectivity index (χ2n) is 4.07. The van der Waals surface area contributed by atoms with Crippen molar-refractivity contribution in [2.24, 2.45) is 4.99 Å². The van der Waals surface area contributed by atoms with Crippen molar-refractivity contribution < 1.29 is 9.59 Å². The van der Waals surface area contributed by atoms with Crippen LogP contribution in [0.4, 0.5) is 0 Å². The standard InChI is InChI=1S/C14H8Cl3NO2/c1-7-11(6-10(16)13(19)12(7)17)18-14(20)8-2-4-9(15)5-3-8/h2-6H,1H3. The monoisotopic (exact) mass is 327 g/mol. The number of allylic oxidation sites excluding steroid dienone is 4. The van der Waals surface area contributed by atoms with Gasteiger partial charge in [0.15, 0.2) is 0 Å². The number of carbonyl (C=O) groups is 2. The summed E-state index contributed by atoms with van der Waals surface area (Å²) >= 11 is 17.4. The SMILES string of the molecule is CC1=C(Cl)C(=O)C(Cl)=CC1=NC(=O)c1ccc(Cl)cc1. The predicted molar refractivity (Wildman–Crippen MR) is 80.7 cm³/mol. The molecule has 0 bridgehead atoms. The highest BCUT2D eigenvalue weighted by molar-refractivity contribution is 6.58. The first-order chi connectivity index (χ1) is 9.40. The van der Waals surface area contributed by atoms with Gasteiger partial charge in [-0.1, -0.05) is 34.8 Å². The molecule has 102 valence electrons. The highest BCUT2D eigenvalue weighted by atomic mass is 35.5. The fraction of sp³-hybridized carbons (Fsp3) is 0.0714. The average molecular weight is 329 g/mol. The lowest BCUT2D eigenvalue weighted by Crippen LogP contribution is -2.14. The van der Waals surface area contributed by atoms with Crippen LogP contribution in [0.3, 0.4) is 0 Å². The summed E-state index contributed by atoms with van der Waals surface area (Å²) in [5, 5.41) is 0.433. The Morgan fingerprint density at radius 3 is 2.30 bits per heavy atom. The summed E-state index contributed by atoms with van der Waals surface area (Å²) < 4.78 is 0. The Morgan fingerprint density at radius 2 is 1.70 bits per heavy atom. The van der Waals surface area contributed by atoms with Gasteiger partial charge in [0.1, 0.15) is 0 Å². The zero-order chi connectivity index (χ0) is 14.9. The maximum atomic E-state index is 12.0. The molecule has 6 heteroatoms. The third-order valence-electron chi connectivity index (χ3n) is 2.71. The third-order valence-corrected chi connectivity index (χ3v) is 3.69. The number of carbonyl (C=O) groups excluding carboxylic acids is 2. The molecule has 1 aliphatic carbocycles. The number of hydrogen-bond donors (Lipinski definition) is 0. The highest BCUT2D eigenvalue weighted by Crippen LogP contribution is 2.25. The topological polar surface area (TPSA) is 46.5 Å². The van der Waals surface area contributed by atoms with Gasteiger partial charge >= 0.3 is 0 Å². The Kier molecular flexibility index (Phi) is 4.43. The van der Waals surface area contributed by atoms with E-state index in [0.717, 1.165) is 0 Å². The number of nitrogens with zero attached hydrogens (tertiary/aromatic N) is 1. The summed E-state index contributed by atoms with van der Waals surface area (Å²) in [7, 11) is 0. The van der Waals surface area contributed by atoms with E-state index in [0.29, 0.717) is 16.2 Å². The molecule has 1 aromatic carbocycles. The van der Waals surface area contributed by atoms with Crippen LogP contribution < -0.4 is 0 Å². The summed E-state index contributed by atoms with van der Waals surface area (Å²) in [6.07, 6.45) is 1.33. The van der Waals surface area contributed by atoms with Gasteiger partial charge in [-0.15, -0.1) is 0 Å². The number of halogens is 3. The molecule has 0 unspecified atom stereocenters. The van der Waals surface area contributed by atoms with Gasteiger partial charge in [0.2, 0.25) is 5.78 Å². The van der Waals surface area contributed by atoms with E-state index in [1.165, 1.54) is 6.08 Å². The number of Topliss-reactive ketones (excluding diaryl/α,β-unsaturated/α-hetero) is 1. The zero-order valence-electron chi connectivity index (χ0n) is 10.3. The average Bonchev–Trinajstić information content (AvgIpc) is 2.43. The van der Waals surface area contributed by atoms with Crippen LogP contribution in [0.2, 0.25) is 5.02 Å². The molecule has 0 saturated carbocycles. The number of benzene rings is 1. The van der Waals surface area contributed by atoms with Crippen LogP contribution in [0.15, 0.2) is 51.0 Å². The first-order valence-electron chi connectivity index (χ1n) is 5.57. The van der Waals surface area contributed by atoms with Gasteiger partial charge < -0.3 is 0 Å². The molecule has 1 aromatic rings. The molecule has 0 aromatic heterocycles. The molecule has 0 radical (unpaired) electrons. The summed E-state index contributed by atoms with van der Waals surface area (Å²) in [5.41, 5.74) is 1.08. The summed E-state index contributed by atoms with van der Waals surface area (Å²) in [5.74, 6) is -0.931. The molecule has 2 rings (SSSR count). The quantitative estimate of drug-likeness (QED) is 0.727. The summed E-state index contributed by atoms with van der Waals surface area (Å²) in [6.45, 7) is 1.61. The molecule has 0 saturated heterocycles. The van der Waals surface area contributed by atoms with Crippen molar-refractivity contribution in [1.82, 2.24) is 0 Å². The third kappa shape index (κ3) is 3.01. The minimum Gasteiger partial charge on any atom is -0.287 e. The Bertz CT molecular complexity index is 685. The van der Waals surface area contributed by atoms with Crippen molar-refractivity contribution in [1.29, 1.82) is 0 Å². The van der Waals surface area contributed by atoms with Gasteiger partial charge in [-0.05, 0) is 42.8 Å². The van der Waals surface area contributed by atoms with Gasteiger partial charge in [0.05, 0.1) is 15.8 Å². The van der Waals surface area contributed by atoms with Crippen molar-refractivity contribution in [2.75, 3.05) is 0 Å². The van der Waals surface area contributed by atoms with E-state index in [4.69, 9.17) is 34.8 Å². The predicted octanol–water partition coefficient (Wildman–Crippen LogP) is 4.14. The van der Waals surface area contributed by atoms with E-state index in [-0.39, 0.29) is 15.8 Å². The molecule has 0 spiro atoms. The fourth-order valence-electron chi connectivity index (χ4n) is 1.56. The Labute approximate surface area is 130 Å². The van der Waals surface area contributed by atoms with Crippen LogP contribution in [-0.2, 0) is 4.79 Å². The van der Waals surface area contributed by atoms with Gasteiger partial charge in [0.25, 0.3) is 5.91 Å². The lowest BCUT2D eigenvalue weighted by atomic mass is 10.0. The Morgan fingerprint density at radius 1 is 1.10 bits per heavy atom. The fourth-order valence-corrected chi connectivity index (χ4v) is 2.13. The van der Waals surface area contributed by atoms with E-state index >= 15 is 0 Å². The summed E-state index contributed by atoms with van der Waals surface area (Å²) in [4.78, 5) is 27.5. The molecule has 0 aliphatic heterocycles. The van der Waals surface area contributed by atoms with Crippen molar-refractivity contribution in [3.05, 3.63) is 56.6 Å². The van der Waals surface area contributed by atoms with Gasteiger partial charge in [0, 0.05) is 10.6 Å². The Hall–Kier alpha value is -1.42. The van der Waals surface area contributed by atoms with E-state index < -0.39 is 11.7 Å². The molecular weight excluding hydrogens is 321 g/mol. The van der Waals surface area contributed by atoms with Crippen LogP contribution >= 0.6 is 34.8 Å². The van der Waals surface area contributed by atoms with Gasteiger partial charge in [-0.3, -0.25) is 9.59 Å². The van der Waals surface area contributed by atoms with Crippen molar-refractivity contribution >= 4 is 52.2 Å². The highest BCUT2D eigenvalue weighted by Gasteiger charge is 2.23. The van der Waals surface area contributed by atoms with Crippen LogP contribution in [0.1, 0.15) is 17.3 Å². The number of aliphatic imine (C=N–C) groups is 1. The lowest BCUT2D eigenvalue weighted by molar-refractivity contribution is -0.111. The van der Waals surface area contributed by atoms with Crippen molar-refractivity contribution in [3.63, 3.8) is 0 Å². The van der Waals surface area contributed by atoms with E-state index in [1.807, 2.05) is 0 Å². The number of ketones is 1. The van der Waals surface area contributed by atoms with E-state index in [9.17, 15) is 9.59 Å². The molecule has 0 N–H and O–H groups in total. The number of hydrogen-bond acceptors (Lipinski definition) is 2. The number of amides is 1. The largest absolute Gasteiger partial charge is 0.287 e. The first kappa shape index (κ1) is 15.0. The van der Waals surface area contributed by atoms with Crippen molar-refractivity contribution in [3.8, 4) is 0 Å². The van der Waals surface area contributed by atoms with E-state index in [1.54, 1.807) is 31.2 Å². The van der Waals surface area contributed by atoms with Crippen molar-refractivity contribution in [2.45, 2.75) is 6.92 Å². The Balaban J connectivity index is 2.38.